The van der Waals surface area contributed by atoms with E-state index in [0.29, 0.717) is 5.52 Å². The summed E-state index contributed by atoms with van der Waals surface area (Å²) in [6.45, 7) is 1.51. The molecule has 2 aromatic rings. The summed E-state index contributed by atoms with van der Waals surface area (Å²) in [7, 11) is 0. The molecule has 0 aliphatic carbocycles. The maximum atomic E-state index is 10.8. The number of oxazole rings is 1. The van der Waals surface area contributed by atoms with Gasteiger partial charge in [0.15, 0.2) is 5.58 Å². The Balaban J connectivity index is 2.70. The number of nitrogens with zero attached hydrogens (tertiary/aromatic N) is 1. The molecule has 78 valence electrons. The molecule has 1 atom stereocenters. The van der Waals surface area contributed by atoms with Crippen molar-refractivity contribution < 1.29 is 19.4 Å². The van der Waals surface area contributed by atoms with Crippen LogP contribution in [0.3, 0.4) is 0 Å². The molecule has 0 aliphatic rings. The van der Waals surface area contributed by atoms with Gasteiger partial charge in [0, 0.05) is 0 Å². The predicted octanol–water partition coefficient (Wildman–Crippen LogP) is 1.58. The highest BCUT2D eigenvalue weighted by atomic mass is 16.4. The number of aliphatic hydroxyl groups excluding tert-OH is 1. The third kappa shape index (κ3) is 1.57. The summed E-state index contributed by atoms with van der Waals surface area (Å²) in [6.07, 6.45) is -0.848. The van der Waals surface area contributed by atoms with E-state index in [-0.39, 0.29) is 17.0 Å². The van der Waals surface area contributed by atoms with Gasteiger partial charge in [-0.3, -0.25) is 0 Å². The molecule has 0 saturated carbocycles. The van der Waals surface area contributed by atoms with Gasteiger partial charge in [-0.05, 0) is 19.1 Å². The molecule has 5 heteroatoms. The van der Waals surface area contributed by atoms with Crippen molar-refractivity contribution >= 4 is 17.1 Å². The lowest BCUT2D eigenvalue weighted by Crippen LogP contribution is -1.95. The van der Waals surface area contributed by atoms with E-state index in [1.807, 2.05) is 0 Å². The van der Waals surface area contributed by atoms with Gasteiger partial charge in [-0.1, -0.05) is 6.07 Å². The van der Waals surface area contributed by atoms with Crippen LogP contribution in [-0.2, 0) is 0 Å². The summed E-state index contributed by atoms with van der Waals surface area (Å²) in [4.78, 5) is 14.8. The normalized spacial score (nSPS) is 12.9. The van der Waals surface area contributed by atoms with Crippen LogP contribution in [0.25, 0.3) is 11.1 Å². The molecule has 0 amide bonds. The third-order valence-corrected chi connectivity index (χ3v) is 2.02. The van der Waals surface area contributed by atoms with Crippen molar-refractivity contribution in [2.75, 3.05) is 0 Å². The molecule has 0 bridgehead atoms. The molecular weight excluding hydrogens is 198 g/mol. The second-order valence-corrected chi connectivity index (χ2v) is 3.19. The molecule has 1 unspecified atom stereocenters. The Kier molecular flexibility index (Phi) is 2.17. The number of benzene rings is 1. The molecule has 1 aromatic heterocycles. The second kappa shape index (κ2) is 3.36. The van der Waals surface area contributed by atoms with Crippen molar-refractivity contribution in [2.24, 2.45) is 0 Å². The van der Waals surface area contributed by atoms with Crippen molar-refractivity contribution in [3.63, 3.8) is 0 Å². The van der Waals surface area contributed by atoms with Gasteiger partial charge in [0.25, 0.3) is 0 Å². The van der Waals surface area contributed by atoms with Gasteiger partial charge in [0.1, 0.15) is 17.2 Å². The van der Waals surface area contributed by atoms with Crippen molar-refractivity contribution in [1.29, 1.82) is 0 Å². The van der Waals surface area contributed by atoms with Crippen LogP contribution in [0.2, 0.25) is 0 Å². The van der Waals surface area contributed by atoms with E-state index in [1.54, 1.807) is 12.1 Å². The number of aromatic nitrogens is 1. The van der Waals surface area contributed by atoms with E-state index in [4.69, 9.17) is 9.52 Å². The monoisotopic (exact) mass is 207 g/mol. The first-order chi connectivity index (χ1) is 7.09. The first-order valence-electron chi connectivity index (χ1n) is 4.40. The summed E-state index contributed by atoms with van der Waals surface area (Å²) in [5.74, 6) is -0.951. The molecule has 0 saturated heterocycles. The maximum Gasteiger partial charge on any atom is 0.339 e. The minimum absolute atomic E-state index is 0.0481. The molecule has 0 fully saturated rings. The Bertz CT molecular complexity index is 515. The van der Waals surface area contributed by atoms with Crippen molar-refractivity contribution in [1.82, 2.24) is 4.98 Å². The average molecular weight is 207 g/mol. The number of carboxylic acids is 1. The fourth-order valence-corrected chi connectivity index (χ4v) is 1.31. The van der Waals surface area contributed by atoms with Crippen LogP contribution in [0.4, 0.5) is 0 Å². The van der Waals surface area contributed by atoms with Crippen LogP contribution in [0.5, 0.6) is 0 Å². The molecule has 1 aromatic carbocycles. The van der Waals surface area contributed by atoms with Gasteiger partial charge >= 0.3 is 5.97 Å². The Hall–Kier alpha value is -1.88. The van der Waals surface area contributed by atoms with E-state index in [0.717, 1.165) is 0 Å². The number of para-hydroxylation sites is 1. The topological polar surface area (TPSA) is 83.6 Å². The van der Waals surface area contributed by atoms with E-state index < -0.39 is 12.1 Å². The first-order valence-corrected chi connectivity index (χ1v) is 4.40. The fourth-order valence-electron chi connectivity index (χ4n) is 1.31. The summed E-state index contributed by atoms with van der Waals surface area (Å²) in [6, 6.07) is 4.65. The first kappa shape index (κ1) is 9.67. The van der Waals surface area contributed by atoms with Crippen LogP contribution >= 0.6 is 0 Å². The zero-order chi connectivity index (χ0) is 11.0. The molecule has 2 rings (SSSR count). The van der Waals surface area contributed by atoms with Gasteiger partial charge in [-0.25, -0.2) is 9.78 Å². The Labute approximate surface area is 85.0 Å². The highest BCUT2D eigenvalue weighted by Gasteiger charge is 2.16. The van der Waals surface area contributed by atoms with E-state index >= 15 is 0 Å². The van der Waals surface area contributed by atoms with Crippen molar-refractivity contribution in [3.05, 3.63) is 29.7 Å². The molecule has 0 aliphatic heterocycles. The van der Waals surface area contributed by atoms with E-state index in [9.17, 15) is 9.90 Å². The minimum Gasteiger partial charge on any atom is -0.478 e. The highest BCUT2D eigenvalue weighted by Crippen LogP contribution is 2.23. The number of carboxylic acid groups (broad SMARTS) is 1. The van der Waals surface area contributed by atoms with E-state index in [2.05, 4.69) is 4.98 Å². The summed E-state index contributed by atoms with van der Waals surface area (Å²) in [5.41, 5.74) is 0.679. The summed E-state index contributed by atoms with van der Waals surface area (Å²) in [5, 5.41) is 18.1. The van der Waals surface area contributed by atoms with Gasteiger partial charge in [-0.15, -0.1) is 0 Å². The second-order valence-electron chi connectivity index (χ2n) is 3.19. The third-order valence-electron chi connectivity index (χ3n) is 2.02. The van der Waals surface area contributed by atoms with Gasteiger partial charge < -0.3 is 14.6 Å². The minimum atomic E-state index is -1.08. The number of fused-ring (bicyclic) bond motifs is 1. The number of rotatable bonds is 2. The number of hydrogen-bond donors (Lipinski definition) is 2. The summed E-state index contributed by atoms with van der Waals surface area (Å²) < 4.78 is 5.18. The number of aromatic carboxylic acids is 1. The molecule has 2 N–H and O–H groups in total. The Morgan fingerprint density at radius 1 is 1.53 bits per heavy atom. The van der Waals surface area contributed by atoms with Gasteiger partial charge in [0.2, 0.25) is 5.89 Å². The van der Waals surface area contributed by atoms with E-state index in [1.165, 1.54) is 13.0 Å². The zero-order valence-corrected chi connectivity index (χ0v) is 7.97. The molecule has 15 heavy (non-hydrogen) atoms. The molecule has 0 spiro atoms. The van der Waals surface area contributed by atoms with Crippen LogP contribution in [-0.4, -0.2) is 21.2 Å². The van der Waals surface area contributed by atoms with Crippen molar-refractivity contribution in [3.8, 4) is 0 Å². The Morgan fingerprint density at radius 2 is 2.27 bits per heavy atom. The standard InChI is InChI=1S/C10H9NO4/c1-5(12)9-11-7-4-2-3-6(10(13)14)8(7)15-9/h2-5,12H,1H3,(H,13,14). The lowest BCUT2D eigenvalue weighted by molar-refractivity contribution is 0.0697. The van der Waals surface area contributed by atoms with Crippen LogP contribution in [0, 0.1) is 0 Å². The van der Waals surface area contributed by atoms with Crippen molar-refractivity contribution in [2.45, 2.75) is 13.0 Å². The number of carbonyl (C=O) groups is 1. The largest absolute Gasteiger partial charge is 0.478 e. The zero-order valence-electron chi connectivity index (χ0n) is 7.97. The van der Waals surface area contributed by atoms with Crippen LogP contribution in [0.15, 0.2) is 22.6 Å². The van der Waals surface area contributed by atoms with Crippen LogP contribution < -0.4 is 0 Å². The SMILES string of the molecule is CC(O)c1nc2cccc(C(=O)O)c2o1. The highest BCUT2D eigenvalue weighted by molar-refractivity contribution is 5.99. The average Bonchev–Trinajstić information content (AvgIpc) is 2.60. The predicted molar refractivity (Wildman–Crippen MR) is 51.6 cm³/mol. The number of hydrogen-bond acceptors (Lipinski definition) is 4. The quantitative estimate of drug-likeness (QED) is 0.781. The lowest BCUT2D eigenvalue weighted by atomic mass is 10.2. The summed E-state index contributed by atoms with van der Waals surface area (Å²) >= 11 is 0. The Morgan fingerprint density at radius 3 is 2.87 bits per heavy atom. The molecule has 0 radical (unpaired) electrons. The molecular formula is C10H9NO4. The maximum absolute atomic E-state index is 10.8. The molecule has 5 nitrogen and oxygen atoms in total. The van der Waals surface area contributed by atoms with Crippen LogP contribution in [0.1, 0.15) is 29.3 Å². The lowest BCUT2D eigenvalue weighted by Gasteiger charge is -1.95. The fraction of sp³-hybridized carbons (Fsp3) is 0.200. The molecule has 1 heterocycles. The van der Waals surface area contributed by atoms with Gasteiger partial charge in [-0.2, -0.15) is 0 Å². The number of aliphatic hydroxyl groups is 1. The smallest absolute Gasteiger partial charge is 0.339 e. The van der Waals surface area contributed by atoms with Gasteiger partial charge in [0.05, 0.1) is 0 Å².